The van der Waals surface area contributed by atoms with Crippen molar-refractivity contribution in [3.63, 3.8) is 0 Å². The van der Waals surface area contributed by atoms with Gasteiger partial charge >= 0.3 is 0 Å². The Balaban J connectivity index is 1.74. The molecule has 8 heteroatoms. The van der Waals surface area contributed by atoms with Crippen molar-refractivity contribution < 1.29 is 13.6 Å². The molecule has 1 N–H and O–H groups in total. The first kappa shape index (κ1) is 23.4. The third-order valence-electron chi connectivity index (χ3n) is 6.29. The lowest BCUT2D eigenvalue weighted by Gasteiger charge is -2.41. The van der Waals surface area contributed by atoms with Gasteiger partial charge in [0.05, 0.1) is 11.7 Å². The molecule has 4 rings (SSSR count). The molecule has 1 aliphatic rings. The summed E-state index contributed by atoms with van der Waals surface area (Å²) in [5.41, 5.74) is 2.44. The fraction of sp³-hybridized carbons (Fsp3) is 0.360. The summed E-state index contributed by atoms with van der Waals surface area (Å²) < 4.78 is 29.4. The Hall–Kier alpha value is -2.77. The van der Waals surface area contributed by atoms with Gasteiger partial charge in [-0.1, -0.05) is 54.9 Å². The van der Waals surface area contributed by atoms with Crippen LogP contribution in [0.2, 0.25) is 5.15 Å². The maximum atomic E-state index is 13.8. The Labute approximate surface area is 197 Å². The number of fused-ring (bicyclic) bond motifs is 1. The molecular formula is C25H27ClF2N4O. The molecule has 0 bridgehead atoms. The van der Waals surface area contributed by atoms with E-state index in [4.69, 9.17) is 11.6 Å². The number of aromatic nitrogens is 2. The van der Waals surface area contributed by atoms with E-state index in [9.17, 15) is 13.6 Å². The van der Waals surface area contributed by atoms with Crippen LogP contribution in [-0.4, -0.2) is 34.0 Å². The number of hydrogen-bond donors (Lipinski definition) is 1. The third-order valence-corrected chi connectivity index (χ3v) is 6.57. The lowest BCUT2D eigenvalue weighted by Crippen LogP contribution is -2.46. The number of nitrogens with one attached hydrogen (secondary N) is 1. The molecule has 0 saturated heterocycles. The first-order valence-electron chi connectivity index (χ1n) is 11.2. The number of amides is 1. The maximum Gasteiger partial charge on any atom is 0.241 e. The van der Waals surface area contributed by atoms with Crippen LogP contribution < -0.4 is 5.32 Å². The van der Waals surface area contributed by atoms with Crippen molar-refractivity contribution >= 4 is 17.5 Å². The van der Waals surface area contributed by atoms with Gasteiger partial charge in [0.25, 0.3) is 0 Å². The summed E-state index contributed by atoms with van der Waals surface area (Å²) >= 11 is 6.62. The van der Waals surface area contributed by atoms with Gasteiger partial charge in [-0.25, -0.2) is 13.8 Å². The van der Waals surface area contributed by atoms with E-state index < -0.39 is 17.7 Å². The summed E-state index contributed by atoms with van der Waals surface area (Å²) in [6, 6.07) is 12.9. The quantitative estimate of drug-likeness (QED) is 0.534. The van der Waals surface area contributed by atoms with Crippen LogP contribution in [0.3, 0.4) is 0 Å². The number of rotatable bonds is 7. The van der Waals surface area contributed by atoms with Gasteiger partial charge in [0, 0.05) is 26.6 Å². The molecule has 33 heavy (non-hydrogen) atoms. The third kappa shape index (κ3) is 4.66. The summed E-state index contributed by atoms with van der Waals surface area (Å²) in [6.45, 7) is 3.33. The van der Waals surface area contributed by atoms with Crippen LogP contribution in [0.1, 0.15) is 48.1 Å². The van der Waals surface area contributed by atoms with Gasteiger partial charge in [-0.15, -0.1) is 0 Å². The lowest BCUT2D eigenvalue weighted by molar-refractivity contribution is -0.128. The Morgan fingerprint density at radius 2 is 1.94 bits per heavy atom. The SMILES string of the molecule is CCc1nc(Cl)c2n1CCN([C@@H](C(=O)NC)c1ccccc1)C2CCc1ccc(F)c(F)c1. The van der Waals surface area contributed by atoms with E-state index in [1.807, 2.05) is 37.3 Å². The number of likely N-dealkylation sites (N-methyl/N-ethyl adjacent to an activating group) is 1. The molecule has 1 aliphatic heterocycles. The molecule has 5 nitrogen and oxygen atoms in total. The van der Waals surface area contributed by atoms with Crippen LogP contribution in [0.5, 0.6) is 0 Å². The minimum Gasteiger partial charge on any atom is -0.358 e. The molecule has 3 aromatic rings. The molecule has 1 aromatic heterocycles. The molecule has 0 spiro atoms. The first-order chi connectivity index (χ1) is 15.9. The molecule has 0 aliphatic carbocycles. The molecule has 0 radical (unpaired) electrons. The Bertz CT molecular complexity index is 1130. The molecule has 2 aromatic carbocycles. The van der Waals surface area contributed by atoms with Crippen LogP contribution in [-0.2, 0) is 24.2 Å². The monoisotopic (exact) mass is 472 g/mol. The number of imidazole rings is 1. The minimum atomic E-state index is -0.865. The van der Waals surface area contributed by atoms with Crippen LogP contribution in [0.15, 0.2) is 48.5 Å². The highest BCUT2D eigenvalue weighted by Crippen LogP contribution is 2.40. The largest absolute Gasteiger partial charge is 0.358 e. The molecule has 1 amide bonds. The van der Waals surface area contributed by atoms with Gasteiger partial charge in [0.2, 0.25) is 5.91 Å². The smallest absolute Gasteiger partial charge is 0.241 e. The van der Waals surface area contributed by atoms with Crippen LogP contribution in [0, 0.1) is 11.6 Å². The zero-order valence-corrected chi connectivity index (χ0v) is 19.4. The summed E-state index contributed by atoms with van der Waals surface area (Å²) in [6.07, 6.45) is 1.81. The van der Waals surface area contributed by atoms with Gasteiger partial charge < -0.3 is 9.88 Å². The number of nitrogens with zero attached hydrogens (tertiary/aromatic N) is 3. The molecule has 2 heterocycles. The van der Waals surface area contributed by atoms with E-state index in [-0.39, 0.29) is 11.9 Å². The van der Waals surface area contributed by atoms with E-state index in [2.05, 4.69) is 19.8 Å². The Morgan fingerprint density at radius 1 is 1.18 bits per heavy atom. The number of carbonyl (C=O) groups is 1. The average Bonchev–Trinajstić information content (AvgIpc) is 3.16. The van der Waals surface area contributed by atoms with Crippen molar-refractivity contribution in [1.29, 1.82) is 0 Å². The molecular weight excluding hydrogens is 446 g/mol. The van der Waals surface area contributed by atoms with E-state index >= 15 is 0 Å². The number of aryl methyl sites for hydroxylation is 2. The number of halogens is 3. The lowest BCUT2D eigenvalue weighted by atomic mass is 9.95. The summed E-state index contributed by atoms with van der Waals surface area (Å²) in [7, 11) is 1.63. The molecule has 0 fully saturated rings. The normalized spacial score (nSPS) is 16.9. The first-order valence-corrected chi connectivity index (χ1v) is 11.5. The van der Waals surface area contributed by atoms with Crippen molar-refractivity contribution in [3.8, 4) is 0 Å². The highest BCUT2D eigenvalue weighted by atomic mass is 35.5. The Morgan fingerprint density at radius 3 is 2.61 bits per heavy atom. The molecule has 1 unspecified atom stereocenters. The van der Waals surface area contributed by atoms with Crippen LogP contribution in [0.4, 0.5) is 8.78 Å². The van der Waals surface area contributed by atoms with E-state index in [1.165, 1.54) is 6.07 Å². The predicted molar refractivity (Wildman–Crippen MR) is 124 cm³/mol. The van der Waals surface area contributed by atoms with Gasteiger partial charge in [-0.3, -0.25) is 9.69 Å². The summed E-state index contributed by atoms with van der Waals surface area (Å²) in [5.74, 6) is -0.935. The van der Waals surface area contributed by atoms with Gasteiger partial charge in [-0.2, -0.15) is 0 Å². The summed E-state index contributed by atoms with van der Waals surface area (Å²) in [4.78, 5) is 19.8. The second-order valence-electron chi connectivity index (χ2n) is 8.18. The van der Waals surface area contributed by atoms with Crippen LogP contribution in [0.25, 0.3) is 0 Å². The minimum absolute atomic E-state index is 0.112. The van der Waals surface area contributed by atoms with Gasteiger partial charge in [-0.05, 0) is 36.1 Å². The van der Waals surface area contributed by atoms with E-state index in [0.717, 1.165) is 29.6 Å². The second kappa shape index (κ2) is 10.0. The average molecular weight is 473 g/mol. The fourth-order valence-electron chi connectivity index (χ4n) is 4.72. The van der Waals surface area contributed by atoms with Crippen molar-refractivity contribution in [2.75, 3.05) is 13.6 Å². The highest BCUT2D eigenvalue weighted by molar-refractivity contribution is 6.30. The predicted octanol–water partition coefficient (Wildman–Crippen LogP) is 4.85. The van der Waals surface area contributed by atoms with Crippen LogP contribution >= 0.6 is 11.6 Å². The van der Waals surface area contributed by atoms with E-state index in [0.29, 0.717) is 36.6 Å². The van der Waals surface area contributed by atoms with E-state index in [1.54, 1.807) is 13.1 Å². The van der Waals surface area contributed by atoms with Gasteiger partial charge in [0.1, 0.15) is 11.9 Å². The Kier molecular flexibility index (Phi) is 7.10. The van der Waals surface area contributed by atoms with Crippen molar-refractivity contribution in [2.45, 2.75) is 44.8 Å². The molecule has 2 atom stereocenters. The zero-order chi connectivity index (χ0) is 23.5. The maximum absolute atomic E-state index is 13.8. The van der Waals surface area contributed by atoms with Crippen molar-refractivity contribution in [2.24, 2.45) is 0 Å². The van der Waals surface area contributed by atoms with Crippen molar-refractivity contribution in [3.05, 3.63) is 88.0 Å². The zero-order valence-electron chi connectivity index (χ0n) is 18.7. The highest BCUT2D eigenvalue weighted by Gasteiger charge is 2.39. The fourth-order valence-corrected chi connectivity index (χ4v) is 5.05. The number of carbonyl (C=O) groups excluding carboxylic acids is 1. The van der Waals surface area contributed by atoms with Crippen molar-refractivity contribution in [1.82, 2.24) is 19.8 Å². The number of hydrogen-bond acceptors (Lipinski definition) is 3. The molecule has 0 saturated carbocycles. The number of benzene rings is 2. The van der Waals surface area contributed by atoms with Gasteiger partial charge in [0.15, 0.2) is 16.8 Å². The topological polar surface area (TPSA) is 50.2 Å². The second-order valence-corrected chi connectivity index (χ2v) is 8.54. The standard InChI is InChI=1S/C25H27ClF2N4O/c1-3-21-30-24(26)23-20(12-10-16-9-11-18(27)19(28)15-16)31(13-14-32(21)23)22(25(33)29-2)17-7-5-4-6-8-17/h4-9,11,15,20,22H,3,10,12-14H2,1-2H3,(H,29,33)/t20?,22-/m1/s1. The molecule has 174 valence electrons. The summed E-state index contributed by atoms with van der Waals surface area (Å²) in [5, 5.41) is 3.22.